The van der Waals surface area contributed by atoms with E-state index in [0.717, 1.165) is 0 Å². The predicted octanol–water partition coefficient (Wildman–Crippen LogP) is 1.85. The highest BCUT2D eigenvalue weighted by atomic mass is 35.5. The Morgan fingerprint density at radius 1 is 1.47 bits per heavy atom. The molecule has 0 saturated carbocycles. The molecule has 0 amide bonds. The molecule has 17 heavy (non-hydrogen) atoms. The number of aromatic nitrogens is 4. The first kappa shape index (κ1) is 11.8. The summed E-state index contributed by atoms with van der Waals surface area (Å²) in [5.41, 5.74) is 0. The van der Waals surface area contributed by atoms with Crippen LogP contribution in [-0.2, 0) is 6.54 Å². The van der Waals surface area contributed by atoms with E-state index in [1.165, 1.54) is 18.2 Å². The zero-order valence-corrected chi connectivity index (χ0v) is 9.86. The minimum atomic E-state index is -0.390. The monoisotopic (exact) mass is 256 g/mol. The van der Waals surface area contributed by atoms with Gasteiger partial charge in [-0.1, -0.05) is 11.6 Å². The van der Waals surface area contributed by atoms with Gasteiger partial charge in [0.15, 0.2) is 0 Å². The topological polar surface area (TPSA) is 52.8 Å². The number of hydrogen-bond donors (Lipinski definition) is 0. The van der Waals surface area contributed by atoms with Gasteiger partial charge < -0.3 is 4.74 Å². The molecule has 0 atom stereocenters. The highest BCUT2D eigenvalue weighted by molar-refractivity contribution is 6.32. The van der Waals surface area contributed by atoms with Crippen LogP contribution in [0.25, 0.3) is 0 Å². The predicted molar refractivity (Wildman–Crippen MR) is 59.5 cm³/mol. The maximum absolute atomic E-state index is 12.8. The lowest BCUT2D eigenvalue weighted by Gasteiger charge is -2.07. The van der Waals surface area contributed by atoms with E-state index in [1.54, 1.807) is 11.6 Å². The molecule has 0 N–H and O–H groups in total. The van der Waals surface area contributed by atoms with Crippen molar-refractivity contribution in [2.75, 3.05) is 6.61 Å². The van der Waals surface area contributed by atoms with Gasteiger partial charge in [0.05, 0.1) is 11.6 Å². The third-order valence-corrected chi connectivity index (χ3v) is 2.46. The second-order valence-electron chi connectivity index (χ2n) is 3.37. The Bertz CT molecular complexity index is 517. The van der Waals surface area contributed by atoms with Gasteiger partial charge in [-0.15, -0.1) is 5.10 Å². The number of rotatable bonds is 4. The van der Waals surface area contributed by atoms with Gasteiger partial charge in [-0.05, 0) is 35.5 Å². The molecule has 5 nitrogen and oxygen atoms in total. The molecular formula is C10H10ClFN4O. The van der Waals surface area contributed by atoms with Gasteiger partial charge in [-0.25, -0.2) is 9.07 Å². The summed E-state index contributed by atoms with van der Waals surface area (Å²) in [7, 11) is 0. The smallest absolute Gasteiger partial charge is 0.148 e. The fraction of sp³-hybridized carbons (Fsp3) is 0.300. The maximum atomic E-state index is 12.8. The molecule has 0 aliphatic carbocycles. The van der Waals surface area contributed by atoms with Crippen LogP contribution in [0.2, 0.25) is 5.02 Å². The van der Waals surface area contributed by atoms with Crippen LogP contribution in [-0.4, -0.2) is 26.8 Å². The minimum Gasteiger partial charge on any atom is -0.490 e. The highest BCUT2D eigenvalue weighted by Gasteiger charge is 2.04. The third-order valence-electron chi connectivity index (χ3n) is 2.17. The van der Waals surface area contributed by atoms with Crippen LogP contribution in [0.15, 0.2) is 18.2 Å². The van der Waals surface area contributed by atoms with E-state index in [-0.39, 0.29) is 5.02 Å². The van der Waals surface area contributed by atoms with E-state index in [0.29, 0.717) is 24.7 Å². The van der Waals surface area contributed by atoms with Crippen LogP contribution >= 0.6 is 11.6 Å². The molecule has 1 aromatic heterocycles. The lowest BCUT2D eigenvalue weighted by molar-refractivity contribution is 0.288. The van der Waals surface area contributed by atoms with E-state index < -0.39 is 5.82 Å². The first-order valence-electron chi connectivity index (χ1n) is 4.97. The first-order chi connectivity index (χ1) is 8.16. The van der Waals surface area contributed by atoms with Crippen LogP contribution in [0.3, 0.4) is 0 Å². The van der Waals surface area contributed by atoms with Gasteiger partial charge in [0.1, 0.15) is 24.0 Å². The van der Waals surface area contributed by atoms with Crippen molar-refractivity contribution in [3.8, 4) is 5.75 Å². The number of tetrazole rings is 1. The maximum Gasteiger partial charge on any atom is 0.148 e. The van der Waals surface area contributed by atoms with Crippen molar-refractivity contribution in [2.45, 2.75) is 13.5 Å². The van der Waals surface area contributed by atoms with Crippen molar-refractivity contribution in [3.05, 3.63) is 34.9 Å². The summed E-state index contributed by atoms with van der Waals surface area (Å²) in [6, 6.07) is 3.99. The zero-order valence-electron chi connectivity index (χ0n) is 9.10. The molecule has 90 valence electrons. The summed E-state index contributed by atoms with van der Waals surface area (Å²) in [6.07, 6.45) is 0. The largest absolute Gasteiger partial charge is 0.490 e. The molecule has 1 aromatic carbocycles. The summed E-state index contributed by atoms with van der Waals surface area (Å²) in [5, 5.41) is 11.3. The highest BCUT2D eigenvalue weighted by Crippen LogP contribution is 2.24. The van der Waals surface area contributed by atoms with Crippen molar-refractivity contribution in [2.24, 2.45) is 0 Å². The summed E-state index contributed by atoms with van der Waals surface area (Å²) >= 11 is 5.81. The number of benzene rings is 1. The molecular weight excluding hydrogens is 247 g/mol. The van der Waals surface area contributed by atoms with Gasteiger partial charge in [-0.3, -0.25) is 0 Å². The van der Waals surface area contributed by atoms with E-state index in [9.17, 15) is 4.39 Å². The van der Waals surface area contributed by atoms with Gasteiger partial charge >= 0.3 is 0 Å². The SMILES string of the molecule is Cc1nnnn1CCOc1ccc(F)cc1Cl. The first-order valence-corrected chi connectivity index (χ1v) is 5.35. The third kappa shape index (κ3) is 2.91. The average molecular weight is 257 g/mol. The molecule has 0 saturated heterocycles. The molecule has 0 aliphatic rings. The second kappa shape index (κ2) is 5.09. The standard InChI is InChI=1S/C10H10ClFN4O/c1-7-13-14-15-16(7)4-5-17-10-3-2-8(12)6-9(10)11/h2-3,6H,4-5H2,1H3. The van der Waals surface area contributed by atoms with Crippen molar-refractivity contribution >= 4 is 11.6 Å². The zero-order chi connectivity index (χ0) is 12.3. The molecule has 0 bridgehead atoms. The Balaban J connectivity index is 1.92. The van der Waals surface area contributed by atoms with Crippen LogP contribution in [0.5, 0.6) is 5.75 Å². The van der Waals surface area contributed by atoms with Crippen molar-refractivity contribution < 1.29 is 9.13 Å². The molecule has 7 heteroatoms. The van der Waals surface area contributed by atoms with Gasteiger partial charge in [-0.2, -0.15) is 0 Å². The number of halogens is 2. The lowest BCUT2D eigenvalue weighted by atomic mass is 10.3. The Morgan fingerprint density at radius 2 is 2.29 bits per heavy atom. The molecule has 0 fully saturated rings. The van der Waals surface area contributed by atoms with Crippen LogP contribution in [0.1, 0.15) is 5.82 Å². The molecule has 0 spiro atoms. The quantitative estimate of drug-likeness (QED) is 0.838. The minimum absolute atomic E-state index is 0.249. The van der Waals surface area contributed by atoms with Gasteiger partial charge in [0.25, 0.3) is 0 Å². The Hall–Kier alpha value is -1.69. The summed E-state index contributed by atoms with van der Waals surface area (Å²) in [6.45, 7) is 2.66. The number of nitrogens with zero attached hydrogens (tertiary/aromatic N) is 4. The Kier molecular flexibility index (Phi) is 3.53. The Labute approximate surface area is 102 Å². The van der Waals surface area contributed by atoms with Gasteiger partial charge in [0, 0.05) is 0 Å². The summed E-state index contributed by atoms with van der Waals surface area (Å²) in [4.78, 5) is 0. The molecule has 0 aliphatic heterocycles. The van der Waals surface area contributed by atoms with E-state index in [2.05, 4.69) is 15.5 Å². The summed E-state index contributed by atoms with van der Waals surface area (Å²) < 4.78 is 19.8. The molecule has 2 aromatic rings. The average Bonchev–Trinajstić information content (AvgIpc) is 2.68. The van der Waals surface area contributed by atoms with E-state index in [1.807, 2.05) is 0 Å². The van der Waals surface area contributed by atoms with Crippen LogP contribution in [0, 0.1) is 12.7 Å². The number of aryl methyl sites for hydroxylation is 1. The molecule has 2 rings (SSSR count). The fourth-order valence-electron chi connectivity index (χ4n) is 1.29. The van der Waals surface area contributed by atoms with E-state index in [4.69, 9.17) is 16.3 Å². The molecule has 0 unspecified atom stereocenters. The molecule has 1 heterocycles. The Morgan fingerprint density at radius 3 is 2.94 bits per heavy atom. The van der Waals surface area contributed by atoms with Crippen molar-refractivity contribution in [1.29, 1.82) is 0 Å². The fourth-order valence-corrected chi connectivity index (χ4v) is 1.51. The van der Waals surface area contributed by atoms with Gasteiger partial charge in [0.2, 0.25) is 0 Å². The van der Waals surface area contributed by atoms with E-state index >= 15 is 0 Å². The van der Waals surface area contributed by atoms with Crippen LogP contribution < -0.4 is 4.74 Å². The number of ether oxygens (including phenoxy) is 1. The summed E-state index contributed by atoms with van der Waals surface area (Å²) in [5.74, 6) is 0.760. The number of hydrogen-bond acceptors (Lipinski definition) is 4. The molecule has 0 radical (unpaired) electrons. The normalized spacial score (nSPS) is 10.5. The second-order valence-corrected chi connectivity index (χ2v) is 3.78. The van der Waals surface area contributed by atoms with Crippen molar-refractivity contribution in [3.63, 3.8) is 0 Å². The van der Waals surface area contributed by atoms with Crippen LogP contribution in [0.4, 0.5) is 4.39 Å². The van der Waals surface area contributed by atoms with Crippen molar-refractivity contribution in [1.82, 2.24) is 20.2 Å². The lowest BCUT2D eigenvalue weighted by Crippen LogP contribution is -2.11.